The van der Waals surface area contributed by atoms with Crippen molar-refractivity contribution in [3.63, 3.8) is 0 Å². The molecule has 12 heavy (non-hydrogen) atoms. The molecule has 0 saturated carbocycles. The summed E-state index contributed by atoms with van der Waals surface area (Å²) < 4.78 is 0. The number of nitrogens with zero attached hydrogens (tertiary/aromatic N) is 1. The molecule has 0 fully saturated rings. The first-order valence-electron chi connectivity index (χ1n) is 3.29. The summed E-state index contributed by atoms with van der Waals surface area (Å²) in [6.07, 6.45) is 0. The van der Waals surface area contributed by atoms with E-state index in [1.807, 2.05) is 6.92 Å². The van der Waals surface area contributed by atoms with Crippen LogP contribution >= 0.6 is 46.6 Å². The van der Waals surface area contributed by atoms with Crippen LogP contribution in [0.2, 0.25) is 15.2 Å². The van der Waals surface area contributed by atoms with Crippen molar-refractivity contribution in [1.29, 1.82) is 0 Å². The Morgan fingerprint density at radius 1 is 1.33 bits per heavy atom. The molecule has 0 N–H and O–H groups in total. The molecule has 5 heteroatoms. The van der Waals surface area contributed by atoms with Crippen LogP contribution in [0.25, 0.3) is 0 Å². The number of hydrogen-bond donors (Lipinski definition) is 0. The Balaban J connectivity index is 3.05. The molecule has 0 aliphatic carbocycles. The van der Waals surface area contributed by atoms with Gasteiger partial charge in [-0.05, 0) is 11.8 Å². The summed E-state index contributed by atoms with van der Waals surface area (Å²) in [5.74, 6) is 0.907. The van der Waals surface area contributed by atoms with Crippen molar-refractivity contribution >= 4 is 46.6 Å². The van der Waals surface area contributed by atoms with E-state index in [1.165, 1.54) is 11.8 Å². The zero-order valence-corrected chi connectivity index (χ0v) is 9.36. The van der Waals surface area contributed by atoms with Crippen LogP contribution in [0.1, 0.15) is 6.92 Å². The summed E-state index contributed by atoms with van der Waals surface area (Å²) in [4.78, 5) is 4.03. The Morgan fingerprint density at radius 2 is 2.00 bits per heavy atom. The number of hydrogen-bond acceptors (Lipinski definition) is 2. The van der Waals surface area contributed by atoms with Crippen LogP contribution in [0.4, 0.5) is 0 Å². The van der Waals surface area contributed by atoms with E-state index in [1.54, 1.807) is 6.07 Å². The standard InChI is InChI=1S/C7H6Cl3NS/c1-2-12-7-5(9)3-4(8)6(10)11-7/h3H,2H2,1H3. The van der Waals surface area contributed by atoms with Crippen molar-refractivity contribution in [2.45, 2.75) is 11.9 Å². The highest BCUT2D eigenvalue weighted by atomic mass is 35.5. The van der Waals surface area contributed by atoms with Gasteiger partial charge in [-0.25, -0.2) is 4.98 Å². The van der Waals surface area contributed by atoms with Crippen LogP contribution in [0.15, 0.2) is 11.1 Å². The molecule has 1 heterocycles. The van der Waals surface area contributed by atoms with Gasteiger partial charge < -0.3 is 0 Å². The highest BCUT2D eigenvalue weighted by molar-refractivity contribution is 7.99. The summed E-state index contributed by atoms with van der Waals surface area (Å²) in [6, 6.07) is 1.61. The maximum Gasteiger partial charge on any atom is 0.149 e. The fourth-order valence-electron chi connectivity index (χ4n) is 0.666. The first-order valence-corrected chi connectivity index (χ1v) is 5.41. The maximum absolute atomic E-state index is 5.85. The minimum absolute atomic E-state index is 0.303. The molecule has 1 rings (SSSR count). The molecule has 0 saturated heterocycles. The number of halogens is 3. The fraction of sp³-hybridized carbons (Fsp3) is 0.286. The third kappa shape index (κ3) is 2.43. The number of rotatable bonds is 2. The Labute approximate surface area is 90.4 Å². The normalized spacial score (nSPS) is 10.3. The van der Waals surface area contributed by atoms with E-state index in [-0.39, 0.29) is 0 Å². The van der Waals surface area contributed by atoms with Gasteiger partial charge in [0.05, 0.1) is 10.0 Å². The van der Waals surface area contributed by atoms with Gasteiger partial charge in [-0.15, -0.1) is 11.8 Å². The lowest BCUT2D eigenvalue weighted by molar-refractivity contribution is 1.13. The first-order chi connectivity index (χ1) is 5.65. The second-order valence-electron chi connectivity index (χ2n) is 1.98. The minimum Gasteiger partial charge on any atom is -0.227 e. The van der Waals surface area contributed by atoms with Crippen molar-refractivity contribution in [1.82, 2.24) is 4.98 Å². The Bertz CT molecular complexity index is 290. The number of thioether (sulfide) groups is 1. The Kier molecular flexibility index (Phi) is 3.97. The molecule has 0 bridgehead atoms. The minimum atomic E-state index is 0.303. The lowest BCUT2D eigenvalue weighted by Gasteiger charge is -2.02. The average Bonchev–Trinajstić information content (AvgIpc) is 2.01. The van der Waals surface area contributed by atoms with E-state index < -0.39 is 0 Å². The van der Waals surface area contributed by atoms with Gasteiger partial charge >= 0.3 is 0 Å². The molecule has 0 aliphatic rings. The van der Waals surface area contributed by atoms with Crippen LogP contribution in [-0.4, -0.2) is 10.7 Å². The number of aromatic nitrogens is 1. The predicted molar refractivity (Wildman–Crippen MR) is 55.7 cm³/mol. The molecular formula is C7H6Cl3NS. The zero-order chi connectivity index (χ0) is 9.14. The van der Waals surface area contributed by atoms with Gasteiger partial charge in [0.25, 0.3) is 0 Å². The summed E-state index contributed by atoms with van der Waals surface area (Å²) in [7, 11) is 0. The van der Waals surface area contributed by atoms with Crippen LogP contribution in [0.5, 0.6) is 0 Å². The van der Waals surface area contributed by atoms with Gasteiger partial charge in [-0.2, -0.15) is 0 Å². The van der Waals surface area contributed by atoms with Gasteiger partial charge in [0.1, 0.15) is 10.2 Å². The SMILES string of the molecule is CCSc1nc(Cl)c(Cl)cc1Cl. The predicted octanol–water partition coefficient (Wildman–Crippen LogP) is 4.15. The van der Waals surface area contributed by atoms with Gasteiger partial charge in [0, 0.05) is 0 Å². The topological polar surface area (TPSA) is 12.9 Å². The van der Waals surface area contributed by atoms with Crippen LogP contribution in [-0.2, 0) is 0 Å². The average molecular weight is 243 g/mol. The smallest absolute Gasteiger partial charge is 0.149 e. The van der Waals surface area contributed by atoms with E-state index in [9.17, 15) is 0 Å². The Hall–Kier alpha value is 0.370. The van der Waals surface area contributed by atoms with Crippen LogP contribution in [0.3, 0.4) is 0 Å². The highest BCUT2D eigenvalue weighted by Gasteiger charge is 2.06. The van der Waals surface area contributed by atoms with Crippen molar-refractivity contribution in [3.8, 4) is 0 Å². The molecular weight excluding hydrogens is 237 g/mol. The zero-order valence-electron chi connectivity index (χ0n) is 6.27. The lowest BCUT2D eigenvalue weighted by atomic mass is 10.5. The second kappa shape index (κ2) is 4.56. The fourth-order valence-corrected chi connectivity index (χ4v) is 2.00. The largest absolute Gasteiger partial charge is 0.227 e. The van der Waals surface area contributed by atoms with Gasteiger partial charge in [-0.3, -0.25) is 0 Å². The van der Waals surface area contributed by atoms with E-state index >= 15 is 0 Å². The van der Waals surface area contributed by atoms with Crippen molar-refractivity contribution in [2.75, 3.05) is 5.75 Å². The van der Waals surface area contributed by atoms with Crippen molar-refractivity contribution < 1.29 is 0 Å². The summed E-state index contributed by atoms with van der Waals surface area (Å²) in [5, 5.41) is 1.98. The number of pyridine rings is 1. The third-order valence-corrected chi connectivity index (χ3v) is 3.08. The van der Waals surface area contributed by atoms with Crippen molar-refractivity contribution in [2.24, 2.45) is 0 Å². The molecule has 0 aliphatic heterocycles. The molecule has 0 unspecified atom stereocenters. The second-order valence-corrected chi connectivity index (χ2v) is 4.41. The third-order valence-electron chi connectivity index (χ3n) is 1.14. The highest BCUT2D eigenvalue weighted by Crippen LogP contribution is 2.31. The lowest BCUT2D eigenvalue weighted by Crippen LogP contribution is -1.84. The molecule has 1 nitrogen and oxygen atoms in total. The first kappa shape index (κ1) is 10.5. The molecule has 0 amide bonds. The summed E-state index contributed by atoms with van der Waals surface area (Å²) >= 11 is 18.8. The monoisotopic (exact) mass is 241 g/mol. The molecule has 0 aromatic carbocycles. The molecule has 1 aromatic heterocycles. The Morgan fingerprint density at radius 3 is 2.58 bits per heavy atom. The van der Waals surface area contributed by atoms with Gasteiger partial charge in [0.15, 0.2) is 0 Å². The quantitative estimate of drug-likeness (QED) is 0.571. The summed E-state index contributed by atoms with van der Waals surface area (Å²) in [6.45, 7) is 2.02. The van der Waals surface area contributed by atoms with Crippen molar-refractivity contribution in [3.05, 3.63) is 21.3 Å². The molecule has 0 spiro atoms. The molecule has 0 radical (unpaired) electrons. The van der Waals surface area contributed by atoms with E-state index in [4.69, 9.17) is 34.8 Å². The molecule has 1 aromatic rings. The van der Waals surface area contributed by atoms with Gasteiger partial charge in [-0.1, -0.05) is 41.7 Å². The van der Waals surface area contributed by atoms with E-state index in [2.05, 4.69) is 4.98 Å². The van der Waals surface area contributed by atoms with E-state index in [0.717, 1.165) is 10.8 Å². The van der Waals surface area contributed by atoms with Crippen LogP contribution in [0, 0.1) is 0 Å². The van der Waals surface area contributed by atoms with Gasteiger partial charge in [0.2, 0.25) is 0 Å². The maximum atomic E-state index is 5.85. The van der Waals surface area contributed by atoms with Crippen LogP contribution < -0.4 is 0 Å². The summed E-state index contributed by atoms with van der Waals surface area (Å²) in [5.41, 5.74) is 0. The molecule has 0 atom stereocenters. The molecule has 66 valence electrons. The van der Waals surface area contributed by atoms with E-state index in [0.29, 0.717) is 15.2 Å².